The maximum absolute atomic E-state index is 4.73. The molecule has 0 saturated carbocycles. The Hall–Kier alpha value is -1.70. The van der Waals surface area contributed by atoms with Crippen LogP contribution in [0.2, 0.25) is 0 Å². The van der Waals surface area contributed by atoms with Crippen LogP contribution in [0.15, 0.2) is 65.2 Å². The molecule has 0 aliphatic carbocycles. The quantitative estimate of drug-likeness (QED) is 0.381. The summed E-state index contributed by atoms with van der Waals surface area (Å²) in [5.41, 5.74) is 0. The van der Waals surface area contributed by atoms with Crippen LogP contribution in [0, 0.1) is 0 Å². The SMILES string of the molecule is C=C.C=C.C=C.C=COCCOC=C. The molecule has 0 aliphatic rings. The normalized spacial score (nSPS) is 5.14. The maximum atomic E-state index is 4.73. The minimum atomic E-state index is 0.537. The second kappa shape index (κ2) is 64.8. The molecule has 0 amide bonds. The Balaban J connectivity index is -0.0000000708. The third-order valence-corrected chi connectivity index (χ3v) is 0.555. The third-order valence-electron chi connectivity index (χ3n) is 0.555. The molecule has 0 atom stereocenters. The summed E-state index contributed by atoms with van der Waals surface area (Å²) in [5.74, 6) is 0. The molecule has 0 unspecified atom stereocenters. The fraction of sp³-hybridized carbons (Fsp3) is 0.167. The van der Waals surface area contributed by atoms with Crippen LogP contribution in [-0.2, 0) is 9.47 Å². The summed E-state index contributed by atoms with van der Waals surface area (Å²) in [5, 5.41) is 0. The van der Waals surface area contributed by atoms with E-state index in [2.05, 4.69) is 52.6 Å². The van der Waals surface area contributed by atoms with Crippen LogP contribution in [0.5, 0.6) is 0 Å². The van der Waals surface area contributed by atoms with Crippen LogP contribution in [0.25, 0.3) is 0 Å². The molecule has 0 saturated heterocycles. The van der Waals surface area contributed by atoms with E-state index in [4.69, 9.17) is 9.47 Å². The second-order valence-corrected chi connectivity index (χ2v) is 1.07. The van der Waals surface area contributed by atoms with Crippen molar-refractivity contribution in [3.63, 3.8) is 0 Å². The van der Waals surface area contributed by atoms with Gasteiger partial charge in [0.05, 0.1) is 12.5 Å². The molecule has 0 spiro atoms. The van der Waals surface area contributed by atoms with Gasteiger partial charge in [-0.25, -0.2) is 0 Å². The van der Waals surface area contributed by atoms with Gasteiger partial charge in [0.2, 0.25) is 0 Å². The Labute approximate surface area is 88.6 Å². The van der Waals surface area contributed by atoms with Crippen LogP contribution >= 0.6 is 0 Å². The molecule has 2 heteroatoms. The van der Waals surface area contributed by atoms with E-state index in [1.807, 2.05) is 0 Å². The van der Waals surface area contributed by atoms with E-state index >= 15 is 0 Å². The molecular formula is C12H22O2. The lowest BCUT2D eigenvalue weighted by atomic mass is 10.8. The monoisotopic (exact) mass is 198 g/mol. The van der Waals surface area contributed by atoms with Crippen molar-refractivity contribution in [1.82, 2.24) is 0 Å². The number of ether oxygens (including phenoxy) is 2. The van der Waals surface area contributed by atoms with Crippen molar-refractivity contribution >= 4 is 0 Å². The molecule has 0 heterocycles. The summed E-state index contributed by atoms with van der Waals surface area (Å²) in [6.45, 7) is 25.8. The van der Waals surface area contributed by atoms with Gasteiger partial charge >= 0.3 is 0 Å². The van der Waals surface area contributed by atoms with Crippen LogP contribution in [0.4, 0.5) is 0 Å². The highest BCUT2D eigenvalue weighted by Crippen LogP contribution is 1.76. The van der Waals surface area contributed by atoms with Crippen LogP contribution in [0.3, 0.4) is 0 Å². The van der Waals surface area contributed by atoms with E-state index in [1.165, 1.54) is 12.5 Å². The molecule has 0 aliphatic heterocycles. The van der Waals surface area contributed by atoms with Crippen molar-refractivity contribution in [2.45, 2.75) is 0 Å². The first-order valence-electron chi connectivity index (χ1n) is 3.87. The third kappa shape index (κ3) is 81.8. The van der Waals surface area contributed by atoms with E-state index in [1.54, 1.807) is 0 Å². The highest BCUT2D eigenvalue weighted by atomic mass is 16.5. The molecule has 0 rings (SSSR count). The molecule has 82 valence electrons. The van der Waals surface area contributed by atoms with Crippen molar-refractivity contribution in [2.75, 3.05) is 13.2 Å². The first-order chi connectivity index (χ1) is 6.91. The average Bonchev–Trinajstić information content (AvgIpc) is 2.33. The van der Waals surface area contributed by atoms with E-state index in [9.17, 15) is 0 Å². The van der Waals surface area contributed by atoms with Gasteiger partial charge in [-0.3, -0.25) is 0 Å². The van der Waals surface area contributed by atoms with E-state index in [0.717, 1.165) is 0 Å². The standard InChI is InChI=1S/C6H10O2.3C2H4/c1-3-7-5-6-8-4-2;3*1-2/h3-4H,1-2,5-6H2;3*1-2H2. The molecule has 0 bridgehead atoms. The Morgan fingerprint density at radius 1 is 0.643 bits per heavy atom. The molecule has 0 fully saturated rings. The Morgan fingerprint density at radius 3 is 1.00 bits per heavy atom. The molecule has 0 radical (unpaired) electrons. The zero-order valence-electron chi connectivity index (χ0n) is 9.04. The Bertz CT molecular complexity index is 85.7. The zero-order valence-corrected chi connectivity index (χ0v) is 9.04. The van der Waals surface area contributed by atoms with E-state index in [-0.39, 0.29) is 0 Å². The van der Waals surface area contributed by atoms with Gasteiger partial charge in [-0.1, -0.05) is 13.2 Å². The highest BCUT2D eigenvalue weighted by molar-refractivity contribution is 4.51. The van der Waals surface area contributed by atoms with Crippen LogP contribution < -0.4 is 0 Å². The van der Waals surface area contributed by atoms with Crippen molar-refractivity contribution in [3.8, 4) is 0 Å². The number of rotatable bonds is 5. The van der Waals surface area contributed by atoms with Crippen molar-refractivity contribution in [2.24, 2.45) is 0 Å². The topological polar surface area (TPSA) is 18.5 Å². The van der Waals surface area contributed by atoms with Gasteiger partial charge in [-0.05, 0) is 0 Å². The summed E-state index contributed by atoms with van der Waals surface area (Å²) < 4.78 is 9.45. The molecule has 0 aromatic heterocycles. The summed E-state index contributed by atoms with van der Waals surface area (Å²) in [6.07, 6.45) is 2.76. The van der Waals surface area contributed by atoms with Gasteiger partial charge in [0.25, 0.3) is 0 Å². The first-order valence-corrected chi connectivity index (χ1v) is 3.87. The second-order valence-electron chi connectivity index (χ2n) is 1.07. The largest absolute Gasteiger partial charge is 0.498 e. The predicted molar refractivity (Wildman–Crippen MR) is 66.1 cm³/mol. The van der Waals surface area contributed by atoms with E-state index in [0.29, 0.717) is 13.2 Å². The van der Waals surface area contributed by atoms with Gasteiger partial charge < -0.3 is 9.47 Å². The lowest BCUT2D eigenvalue weighted by molar-refractivity contribution is 0.151. The fourth-order valence-electron chi connectivity index (χ4n) is 0.263. The van der Waals surface area contributed by atoms with Gasteiger partial charge in [-0.15, -0.1) is 39.5 Å². The van der Waals surface area contributed by atoms with Crippen molar-refractivity contribution in [1.29, 1.82) is 0 Å². The van der Waals surface area contributed by atoms with Gasteiger partial charge in [0.1, 0.15) is 13.2 Å². The van der Waals surface area contributed by atoms with Gasteiger partial charge in [0, 0.05) is 0 Å². The van der Waals surface area contributed by atoms with E-state index < -0.39 is 0 Å². The average molecular weight is 198 g/mol. The molecule has 0 aromatic carbocycles. The maximum Gasteiger partial charge on any atom is 0.121 e. The van der Waals surface area contributed by atoms with Crippen molar-refractivity contribution < 1.29 is 9.47 Å². The summed E-state index contributed by atoms with van der Waals surface area (Å²) in [7, 11) is 0. The lowest BCUT2D eigenvalue weighted by Gasteiger charge is -1.97. The molecule has 0 aromatic rings. The minimum absolute atomic E-state index is 0.537. The summed E-state index contributed by atoms with van der Waals surface area (Å²) in [4.78, 5) is 0. The van der Waals surface area contributed by atoms with Gasteiger partial charge in [0.15, 0.2) is 0 Å². The number of hydrogen-bond acceptors (Lipinski definition) is 2. The zero-order chi connectivity index (χ0) is 12.2. The predicted octanol–water partition coefficient (Wildman–Crippen LogP) is 3.71. The van der Waals surface area contributed by atoms with Crippen LogP contribution in [-0.4, -0.2) is 13.2 Å². The summed E-state index contributed by atoms with van der Waals surface area (Å²) in [6, 6.07) is 0. The van der Waals surface area contributed by atoms with Crippen molar-refractivity contribution in [3.05, 3.63) is 65.2 Å². The molecule has 14 heavy (non-hydrogen) atoms. The highest BCUT2D eigenvalue weighted by Gasteiger charge is 1.77. The molecular weight excluding hydrogens is 176 g/mol. The summed E-state index contributed by atoms with van der Waals surface area (Å²) >= 11 is 0. The first kappa shape index (κ1) is 22.8. The van der Waals surface area contributed by atoms with Crippen LogP contribution in [0.1, 0.15) is 0 Å². The smallest absolute Gasteiger partial charge is 0.121 e. The Kier molecular flexibility index (Phi) is 106. The molecule has 0 N–H and O–H groups in total. The minimum Gasteiger partial charge on any atom is -0.498 e. The van der Waals surface area contributed by atoms with Gasteiger partial charge in [-0.2, -0.15) is 0 Å². The number of hydrogen-bond donors (Lipinski definition) is 0. The fourth-order valence-corrected chi connectivity index (χ4v) is 0.263. The Morgan fingerprint density at radius 2 is 0.857 bits per heavy atom. The molecule has 2 nitrogen and oxygen atoms in total. The lowest BCUT2D eigenvalue weighted by Crippen LogP contribution is -1.95.